The minimum atomic E-state index is -0.862. The number of aromatic nitrogens is 2. The summed E-state index contributed by atoms with van der Waals surface area (Å²) in [5.41, 5.74) is 6.12. The number of pyridine rings is 1. The van der Waals surface area contributed by atoms with Crippen molar-refractivity contribution in [2.24, 2.45) is 0 Å². The molecule has 0 saturated heterocycles. The Morgan fingerprint density at radius 1 is 1.09 bits per heavy atom. The van der Waals surface area contributed by atoms with Crippen molar-refractivity contribution >= 4 is 11.6 Å². The van der Waals surface area contributed by atoms with Gasteiger partial charge in [-0.1, -0.05) is 49.2 Å². The lowest BCUT2D eigenvalue weighted by molar-refractivity contribution is -0.137. The standard InChI is InChI=1S/C28H26N2O3/c1-3-5-24(17-28(31)32)22-10-12-25(13-11-22)33-19-21-14-15-30-18-26(29-27(30)16-21)23-8-6-20(4-2)7-9-23/h6-16,18,24H,4,17,19H2,1-2H3,(H,31,32). The first kappa shape index (κ1) is 22.2. The van der Waals surface area contributed by atoms with E-state index in [-0.39, 0.29) is 12.3 Å². The average molecular weight is 439 g/mol. The van der Waals surface area contributed by atoms with E-state index >= 15 is 0 Å². The van der Waals surface area contributed by atoms with E-state index in [0.717, 1.165) is 40.2 Å². The minimum absolute atomic E-state index is 0.0178. The number of nitrogens with zero attached hydrogens (tertiary/aromatic N) is 2. The number of benzene rings is 2. The van der Waals surface area contributed by atoms with Crippen LogP contribution in [0.15, 0.2) is 73.1 Å². The zero-order valence-electron chi connectivity index (χ0n) is 18.8. The molecule has 2 heterocycles. The number of rotatable bonds is 8. The van der Waals surface area contributed by atoms with Crippen LogP contribution < -0.4 is 4.74 Å². The summed E-state index contributed by atoms with van der Waals surface area (Å²) in [7, 11) is 0. The minimum Gasteiger partial charge on any atom is -0.489 e. The molecule has 0 aliphatic rings. The molecule has 2 aromatic carbocycles. The number of fused-ring (bicyclic) bond motifs is 1. The van der Waals surface area contributed by atoms with E-state index in [1.165, 1.54) is 5.56 Å². The van der Waals surface area contributed by atoms with E-state index in [0.29, 0.717) is 6.61 Å². The predicted molar refractivity (Wildman–Crippen MR) is 129 cm³/mol. The number of aryl methyl sites for hydroxylation is 1. The molecule has 4 aromatic rings. The van der Waals surface area contributed by atoms with Crippen LogP contribution in [-0.4, -0.2) is 20.5 Å². The quantitative estimate of drug-likeness (QED) is 0.357. The highest BCUT2D eigenvalue weighted by Gasteiger charge is 2.13. The van der Waals surface area contributed by atoms with Gasteiger partial charge in [-0.25, -0.2) is 4.98 Å². The van der Waals surface area contributed by atoms with Gasteiger partial charge >= 0.3 is 5.97 Å². The molecule has 0 aliphatic carbocycles. The zero-order chi connectivity index (χ0) is 23.2. The number of carboxylic acids is 1. The van der Waals surface area contributed by atoms with Gasteiger partial charge in [0.25, 0.3) is 0 Å². The third-order valence-electron chi connectivity index (χ3n) is 5.57. The molecule has 0 amide bonds. The maximum absolute atomic E-state index is 11.1. The number of carbonyl (C=O) groups is 1. The molecule has 33 heavy (non-hydrogen) atoms. The summed E-state index contributed by atoms with van der Waals surface area (Å²) in [5, 5.41) is 9.10. The lowest BCUT2D eigenvalue weighted by Gasteiger charge is -2.11. The number of imidazole rings is 1. The molecular weight excluding hydrogens is 412 g/mol. The Balaban J connectivity index is 1.44. The molecule has 5 nitrogen and oxygen atoms in total. The zero-order valence-corrected chi connectivity index (χ0v) is 18.8. The molecule has 1 atom stereocenters. The first-order valence-electron chi connectivity index (χ1n) is 11.0. The monoisotopic (exact) mass is 438 g/mol. The van der Waals surface area contributed by atoms with Gasteiger partial charge < -0.3 is 14.2 Å². The van der Waals surface area contributed by atoms with Gasteiger partial charge in [-0.15, -0.1) is 5.92 Å². The van der Waals surface area contributed by atoms with Crippen molar-refractivity contribution in [1.82, 2.24) is 9.38 Å². The van der Waals surface area contributed by atoms with Crippen LogP contribution in [0.1, 0.15) is 42.9 Å². The molecule has 4 rings (SSSR count). The number of hydrogen-bond acceptors (Lipinski definition) is 3. The first-order valence-corrected chi connectivity index (χ1v) is 11.0. The van der Waals surface area contributed by atoms with Crippen LogP contribution in [0.25, 0.3) is 16.9 Å². The highest BCUT2D eigenvalue weighted by atomic mass is 16.5. The highest BCUT2D eigenvalue weighted by Crippen LogP contribution is 2.24. The number of ether oxygens (including phenoxy) is 1. The summed E-state index contributed by atoms with van der Waals surface area (Å²) < 4.78 is 7.96. The Morgan fingerprint density at radius 2 is 1.85 bits per heavy atom. The van der Waals surface area contributed by atoms with Crippen LogP contribution in [0.4, 0.5) is 0 Å². The van der Waals surface area contributed by atoms with E-state index in [4.69, 9.17) is 14.8 Å². The summed E-state index contributed by atoms with van der Waals surface area (Å²) in [4.78, 5) is 15.9. The summed E-state index contributed by atoms with van der Waals surface area (Å²) in [6.45, 7) is 4.28. The van der Waals surface area contributed by atoms with Gasteiger partial charge in [0.1, 0.15) is 18.0 Å². The second kappa shape index (κ2) is 10.1. The second-order valence-electron chi connectivity index (χ2n) is 7.88. The maximum atomic E-state index is 11.1. The molecule has 1 N–H and O–H groups in total. The van der Waals surface area contributed by atoms with Crippen molar-refractivity contribution in [1.29, 1.82) is 0 Å². The van der Waals surface area contributed by atoms with Crippen LogP contribution in [0.3, 0.4) is 0 Å². The number of carboxylic acid groups (broad SMARTS) is 1. The molecule has 0 saturated carbocycles. The first-order chi connectivity index (χ1) is 16.1. The lowest BCUT2D eigenvalue weighted by atomic mass is 9.96. The van der Waals surface area contributed by atoms with E-state index in [9.17, 15) is 4.79 Å². The fourth-order valence-electron chi connectivity index (χ4n) is 3.73. The largest absolute Gasteiger partial charge is 0.489 e. The molecule has 166 valence electrons. The third-order valence-corrected chi connectivity index (χ3v) is 5.57. The Kier molecular flexibility index (Phi) is 6.75. The number of aliphatic carboxylic acids is 1. The van der Waals surface area contributed by atoms with Gasteiger partial charge in [0.2, 0.25) is 0 Å². The molecule has 2 aromatic heterocycles. The van der Waals surface area contributed by atoms with Gasteiger partial charge in [0.15, 0.2) is 0 Å². The van der Waals surface area contributed by atoms with Gasteiger partial charge in [-0.2, -0.15) is 0 Å². The molecular formula is C28H26N2O3. The van der Waals surface area contributed by atoms with Crippen molar-refractivity contribution in [2.75, 3.05) is 0 Å². The van der Waals surface area contributed by atoms with Gasteiger partial charge in [0.05, 0.1) is 18.0 Å². The van der Waals surface area contributed by atoms with E-state index in [1.807, 2.05) is 53.2 Å². The number of hydrogen-bond donors (Lipinski definition) is 1. The van der Waals surface area contributed by atoms with Crippen LogP contribution in [-0.2, 0) is 17.8 Å². The molecule has 0 spiro atoms. The summed E-state index contributed by atoms with van der Waals surface area (Å²) in [6.07, 6.45) is 5.03. The van der Waals surface area contributed by atoms with Crippen molar-refractivity contribution in [3.63, 3.8) is 0 Å². The molecule has 0 aliphatic heterocycles. The van der Waals surface area contributed by atoms with E-state index in [1.54, 1.807) is 6.92 Å². The maximum Gasteiger partial charge on any atom is 0.304 e. The predicted octanol–water partition coefficient (Wildman–Crippen LogP) is 5.72. The van der Waals surface area contributed by atoms with Crippen LogP contribution in [0.5, 0.6) is 5.75 Å². The van der Waals surface area contributed by atoms with Gasteiger partial charge in [-0.3, -0.25) is 4.79 Å². The fourth-order valence-corrected chi connectivity index (χ4v) is 3.73. The topological polar surface area (TPSA) is 63.8 Å². The smallest absolute Gasteiger partial charge is 0.304 e. The third kappa shape index (κ3) is 5.42. The Morgan fingerprint density at radius 3 is 2.52 bits per heavy atom. The van der Waals surface area contributed by atoms with Crippen molar-refractivity contribution in [3.05, 3.63) is 89.7 Å². The molecule has 5 heteroatoms. The second-order valence-corrected chi connectivity index (χ2v) is 7.88. The molecule has 1 unspecified atom stereocenters. The molecule has 0 fully saturated rings. The Bertz CT molecular complexity index is 1310. The van der Waals surface area contributed by atoms with E-state index < -0.39 is 5.97 Å². The van der Waals surface area contributed by atoms with Crippen LogP contribution in [0, 0.1) is 11.8 Å². The average Bonchev–Trinajstić information content (AvgIpc) is 3.26. The SMILES string of the molecule is CC#CC(CC(=O)O)c1ccc(OCc2ccn3cc(-c4ccc(CC)cc4)nc3c2)cc1. The summed E-state index contributed by atoms with van der Waals surface area (Å²) in [6, 6.07) is 20.0. The van der Waals surface area contributed by atoms with E-state index in [2.05, 4.69) is 43.0 Å². The van der Waals surface area contributed by atoms with Crippen LogP contribution in [0.2, 0.25) is 0 Å². The Labute approximate surface area is 193 Å². The highest BCUT2D eigenvalue weighted by molar-refractivity contribution is 5.69. The molecule has 0 bridgehead atoms. The summed E-state index contributed by atoms with van der Waals surface area (Å²) >= 11 is 0. The van der Waals surface area contributed by atoms with Crippen molar-refractivity contribution in [3.8, 4) is 28.8 Å². The van der Waals surface area contributed by atoms with Gasteiger partial charge in [0, 0.05) is 18.0 Å². The fraction of sp³-hybridized carbons (Fsp3) is 0.214. The molecule has 0 radical (unpaired) electrons. The normalized spacial score (nSPS) is 11.6. The lowest BCUT2D eigenvalue weighted by Crippen LogP contribution is -2.04. The van der Waals surface area contributed by atoms with Crippen LogP contribution >= 0.6 is 0 Å². The van der Waals surface area contributed by atoms with Gasteiger partial charge in [-0.05, 0) is 54.3 Å². The van der Waals surface area contributed by atoms with Crippen molar-refractivity contribution < 1.29 is 14.6 Å². The Hall–Kier alpha value is -4.04. The van der Waals surface area contributed by atoms with Crippen molar-refractivity contribution in [2.45, 2.75) is 39.2 Å². The summed E-state index contributed by atoms with van der Waals surface area (Å²) in [5.74, 6) is 5.31.